The van der Waals surface area contributed by atoms with Crippen molar-refractivity contribution in [1.29, 1.82) is 0 Å². The number of hydrogen-bond acceptors (Lipinski definition) is 27. The van der Waals surface area contributed by atoms with Gasteiger partial charge in [-0.1, -0.05) is 0 Å². The predicted octanol–water partition coefficient (Wildman–Crippen LogP) is -39.2. The maximum Gasteiger partial charge on any atom is 1.00 e. The standard InChI is InChI=1S/C28H38O27.8Na/c29-13(30)3-45-1-11-21(47-5-15(33)34)23(48-6-16(35)36)26(51-9-19(41)42)28(54-11)55-22-12(2-46-4-14(31)32)53-27(52-10-20(43)44)25(50-8-18(39)40)24(22)49-7-17(37)38;;;;;;;;/h11-12,21-28H,1-10H2,(H,29,30)(H,31,32)(H,33,34)(H,35,36)(H,37,38)(H,39,40)(H,41,42)(H,43,44);;;;;;;;/q;8*+1/p-8/t11?,12?,21?,22-,23?,24?,25?,26?,27?,28+;;;;;;;;/m1......../s1. The minimum Gasteiger partial charge on any atom is -0.548 e. The van der Waals surface area contributed by atoms with E-state index in [9.17, 15) is 79.2 Å². The van der Waals surface area contributed by atoms with Gasteiger partial charge in [0.25, 0.3) is 0 Å². The Morgan fingerprint density at radius 1 is 0.317 bits per heavy atom. The van der Waals surface area contributed by atoms with Gasteiger partial charge in [0, 0.05) is 0 Å². The van der Waals surface area contributed by atoms with Crippen molar-refractivity contribution in [2.24, 2.45) is 0 Å². The fraction of sp³-hybridized carbons (Fsp3) is 0.714. The van der Waals surface area contributed by atoms with Crippen molar-refractivity contribution in [3.63, 3.8) is 0 Å². The van der Waals surface area contributed by atoms with E-state index in [-0.39, 0.29) is 236 Å². The van der Waals surface area contributed by atoms with Gasteiger partial charge in [0.15, 0.2) is 12.6 Å². The van der Waals surface area contributed by atoms with Gasteiger partial charge in [-0.15, -0.1) is 0 Å². The summed E-state index contributed by atoms with van der Waals surface area (Å²) in [5.74, 6) is -15.0. The van der Waals surface area contributed by atoms with E-state index >= 15 is 0 Å². The molecule has 10 atom stereocenters. The smallest absolute Gasteiger partial charge is 0.548 e. The molecule has 0 bridgehead atoms. The zero-order valence-electron chi connectivity index (χ0n) is 35.9. The Hall–Kier alpha value is 3.32. The average molecular weight is 982 g/mol. The molecule has 2 rings (SSSR count). The third-order valence-corrected chi connectivity index (χ3v) is 6.81. The molecule has 27 nitrogen and oxygen atoms in total. The summed E-state index contributed by atoms with van der Waals surface area (Å²) in [6.07, 6.45) is -20.0. The third kappa shape index (κ3) is 32.8. The summed E-state index contributed by atoms with van der Waals surface area (Å²) >= 11 is 0. The van der Waals surface area contributed by atoms with Gasteiger partial charge in [-0.05, 0) is 0 Å². The Labute approximate surface area is 534 Å². The molecule has 2 aliphatic rings. The first-order valence-corrected chi connectivity index (χ1v) is 15.3. The van der Waals surface area contributed by atoms with Crippen molar-refractivity contribution >= 4 is 47.8 Å². The average Bonchev–Trinajstić information content (AvgIpc) is 3.07. The summed E-state index contributed by atoms with van der Waals surface area (Å²) < 4.78 is 58.7. The molecule has 2 aliphatic heterocycles. The molecule has 0 radical (unpaired) electrons. The topological polar surface area (TPSA) is 423 Å². The molecule has 0 aromatic rings. The van der Waals surface area contributed by atoms with Crippen LogP contribution in [0.3, 0.4) is 0 Å². The number of carbonyl (C=O) groups is 8. The summed E-state index contributed by atoms with van der Waals surface area (Å²) in [5, 5.41) is 90.3. The maximum absolute atomic E-state index is 11.5. The molecule has 0 N–H and O–H groups in total. The Kier molecular flexibility index (Phi) is 56.2. The minimum atomic E-state index is -2.22. The summed E-state index contributed by atoms with van der Waals surface area (Å²) in [6.45, 7) is -12.1. The fourth-order valence-corrected chi connectivity index (χ4v) is 5.01. The van der Waals surface area contributed by atoms with Crippen LogP contribution in [-0.2, 0) is 90.5 Å². The predicted molar refractivity (Wildman–Crippen MR) is 139 cm³/mol. The van der Waals surface area contributed by atoms with Gasteiger partial charge >= 0.3 is 236 Å². The van der Waals surface area contributed by atoms with Gasteiger partial charge in [-0.2, -0.15) is 0 Å². The molecule has 2 fully saturated rings. The quantitative estimate of drug-likeness (QED) is 0.0657. The van der Waals surface area contributed by atoms with Crippen molar-refractivity contribution in [2.45, 2.75) is 61.4 Å². The first kappa shape index (κ1) is 80.4. The van der Waals surface area contributed by atoms with Crippen molar-refractivity contribution in [3.05, 3.63) is 0 Å². The SMILES string of the molecule is O=C([O-])COCC1O[C@@H](O[C@@H]2C(COCC(=O)[O-])OC(OCC(=O)[O-])C(OCC(=O)[O-])C2OCC(=O)[O-])C(OCC(=O)[O-])C(OCC(=O)[O-])C1OCC(=O)[O-].[Na+].[Na+].[Na+].[Na+].[Na+].[Na+].[Na+].[Na+]. The molecule has 312 valence electrons. The number of hydrogen-bond donors (Lipinski definition) is 0. The molecular weight excluding hydrogens is 952 g/mol. The van der Waals surface area contributed by atoms with E-state index in [4.69, 9.17) is 52.1 Å². The van der Waals surface area contributed by atoms with E-state index in [0.29, 0.717) is 0 Å². The molecule has 0 aliphatic carbocycles. The zero-order valence-corrected chi connectivity index (χ0v) is 51.9. The molecule has 0 amide bonds. The van der Waals surface area contributed by atoms with Gasteiger partial charge in [-0.3, -0.25) is 0 Å². The van der Waals surface area contributed by atoms with Crippen LogP contribution in [0.2, 0.25) is 0 Å². The molecule has 0 aromatic carbocycles. The Balaban J connectivity index is -0.000000784. The van der Waals surface area contributed by atoms with E-state index < -0.39 is 175 Å². The zero-order chi connectivity index (χ0) is 41.2. The van der Waals surface area contributed by atoms with Gasteiger partial charge in [0.2, 0.25) is 0 Å². The van der Waals surface area contributed by atoms with Crippen LogP contribution in [0.5, 0.6) is 0 Å². The first-order chi connectivity index (χ1) is 25.9. The van der Waals surface area contributed by atoms with Crippen LogP contribution >= 0.6 is 0 Å². The summed E-state index contributed by atoms with van der Waals surface area (Å²) in [4.78, 5) is 90.3. The monoisotopic (exact) mass is 982 g/mol. The fourth-order valence-electron chi connectivity index (χ4n) is 5.01. The second-order valence-electron chi connectivity index (χ2n) is 10.9. The number of carbonyl (C=O) groups excluding carboxylic acids is 8. The van der Waals surface area contributed by atoms with Crippen LogP contribution in [0.25, 0.3) is 0 Å². The molecule has 0 saturated carbocycles. The van der Waals surface area contributed by atoms with Crippen LogP contribution in [0.1, 0.15) is 0 Å². The van der Waals surface area contributed by atoms with Gasteiger partial charge in [0.1, 0.15) is 48.8 Å². The molecule has 2 heterocycles. The third-order valence-electron chi connectivity index (χ3n) is 6.81. The number of rotatable bonds is 28. The Bertz CT molecular complexity index is 1370. The van der Waals surface area contributed by atoms with Crippen molar-refractivity contribution < 1.29 is 368 Å². The minimum absolute atomic E-state index is 0. The van der Waals surface area contributed by atoms with Gasteiger partial charge in [-0.25, -0.2) is 0 Å². The first-order valence-electron chi connectivity index (χ1n) is 15.3. The van der Waals surface area contributed by atoms with Crippen LogP contribution < -0.4 is 277 Å². The molecule has 63 heavy (non-hydrogen) atoms. The molecule has 35 heteroatoms. The van der Waals surface area contributed by atoms with Crippen LogP contribution in [-0.4, -0.2) is 175 Å². The van der Waals surface area contributed by atoms with Crippen molar-refractivity contribution in [3.8, 4) is 0 Å². The molecule has 0 aromatic heterocycles. The second kappa shape index (κ2) is 44.1. The maximum atomic E-state index is 11.5. The molecule has 2 saturated heterocycles. The Morgan fingerprint density at radius 2 is 0.571 bits per heavy atom. The van der Waals surface area contributed by atoms with E-state index in [0.717, 1.165) is 0 Å². The van der Waals surface area contributed by atoms with Crippen LogP contribution in [0.4, 0.5) is 0 Å². The summed E-state index contributed by atoms with van der Waals surface area (Å²) in [7, 11) is 0. The van der Waals surface area contributed by atoms with Crippen molar-refractivity contribution in [2.75, 3.05) is 66.1 Å². The van der Waals surface area contributed by atoms with Crippen molar-refractivity contribution in [1.82, 2.24) is 0 Å². The second-order valence-corrected chi connectivity index (χ2v) is 10.9. The molecule has 8 unspecified atom stereocenters. The van der Waals surface area contributed by atoms with Crippen LogP contribution in [0, 0.1) is 0 Å². The summed E-state index contributed by atoms with van der Waals surface area (Å²) in [5.41, 5.74) is 0. The molecular formula is C28H30Na8O27. The number of carboxylic acids is 8. The van der Waals surface area contributed by atoms with Crippen LogP contribution in [0.15, 0.2) is 0 Å². The largest absolute Gasteiger partial charge is 1.00 e. The summed E-state index contributed by atoms with van der Waals surface area (Å²) in [6, 6.07) is 0. The normalized spacial score (nSPS) is 24.3. The number of aliphatic carboxylic acids is 8. The van der Waals surface area contributed by atoms with E-state index in [2.05, 4.69) is 0 Å². The number of carboxylic acid groups (broad SMARTS) is 8. The Morgan fingerprint density at radius 3 is 0.921 bits per heavy atom. The van der Waals surface area contributed by atoms with E-state index in [1.54, 1.807) is 0 Å². The molecule has 0 spiro atoms. The van der Waals surface area contributed by atoms with Gasteiger partial charge in [0.05, 0.1) is 114 Å². The number of ether oxygens (including phenoxy) is 11. The van der Waals surface area contributed by atoms with Gasteiger partial charge < -0.3 is 131 Å². The van der Waals surface area contributed by atoms with E-state index in [1.807, 2.05) is 0 Å². The van der Waals surface area contributed by atoms with E-state index in [1.165, 1.54) is 0 Å².